The van der Waals surface area contributed by atoms with Crippen molar-refractivity contribution in [1.29, 1.82) is 0 Å². The van der Waals surface area contributed by atoms with Crippen LogP contribution in [-0.2, 0) is 0 Å². The van der Waals surface area contributed by atoms with Crippen molar-refractivity contribution < 1.29 is 14.5 Å². The van der Waals surface area contributed by atoms with Gasteiger partial charge in [-0.05, 0) is 50.1 Å². The van der Waals surface area contributed by atoms with E-state index in [4.69, 9.17) is 4.74 Å². The van der Waals surface area contributed by atoms with Crippen molar-refractivity contribution in [2.24, 2.45) is 0 Å². The van der Waals surface area contributed by atoms with Crippen molar-refractivity contribution in [2.45, 2.75) is 20.8 Å². The number of carbonyl (C=O) groups excluding carboxylic acids is 1. The van der Waals surface area contributed by atoms with Gasteiger partial charge in [0.2, 0.25) is 0 Å². The van der Waals surface area contributed by atoms with E-state index in [1.165, 1.54) is 11.6 Å². The molecule has 0 aliphatic heterocycles. The first kappa shape index (κ1) is 17.5. The Morgan fingerprint density at radius 1 is 1.08 bits per heavy atom. The molecule has 2 rings (SSSR count). The van der Waals surface area contributed by atoms with Gasteiger partial charge in [-0.25, -0.2) is 0 Å². The maximum absolute atomic E-state index is 12.1. The molecule has 0 saturated heterocycles. The number of nitrogens with zero attached hydrogens (tertiary/aromatic N) is 1. The highest BCUT2D eigenvalue weighted by molar-refractivity contribution is 5.94. The van der Waals surface area contributed by atoms with Gasteiger partial charge in [0.05, 0.1) is 11.5 Å². The van der Waals surface area contributed by atoms with Crippen molar-refractivity contribution in [3.8, 4) is 5.75 Å². The summed E-state index contributed by atoms with van der Waals surface area (Å²) in [6.45, 7) is 6.31. The minimum atomic E-state index is -0.491. The van der Waals surface area contributed by atoms with E-state index in [0.717, 1.165) is 11.3 Å². The highest BCUT2D eigenvalue weighted by atomic mass is 16.6. The highest BCUT2D eigenvalue weighted by Gasteiger charge is 2.14. The Labute approximate surface area is 140 Å². The number of aryl methyl sites for hydroxylation is 3. The number of nitrogens with one attached hydrogen (secondary N) is 1. The predicted molar refractivity (Wildman–Crippen MR) is 91.6 cm³/mol. The van der Waals surface area contributed by atoms with Crippen molar-refractivity contribution in [3.63, 3.8) is 0 Å². The van der Waals surface area contributed by atoms with E-state index < -0.39 is 4.92 Å². The van der Waals surface area contributed by atoms with Crippen LogP contribution < -0.4 is 10.1 Å². The van der Waals surface area contributed by atoms with Crippen LogP contribution in [0.2, 0.25) is 0 Å². The molecule has 0 heterocycles. The molecular weight excluding hydrogens is 308 g/mol. The fourth-order valence-corrected chi connectivity index (χ4v) is 2.19. The Morgan fingerprint density at radius 3 is 2.46 bits per heavy atom. The number of hydrogen-bond acceptors (Lipinski definition) is 4. The lowest BCUT2D eigenvalue weighted by atomic mass is 10.1. The minimum absolute atomic E-state index is 0.0611. The topological polar surface area (TPSA) is 81.5 Å². The first-order valence-corrected chi connectivity index (χ1v) is 7.62. The standard InChI is InChI=1S/C18H20N2O4/c1-12-5-7-16(10-14(12)3)24-9-8-19-18(21)15-6-4-13(2)17(11-15)20(22)23/h4-7,10-11H,8-9H2,1-3H3,(H,19,21). The van der Waals surface area contributed by atoms with Crippen LogP contribution in [0.3, 0.4) is 0 Å². The Balaban J connectivity index is 1.88. The third kappa shape index (κ3) is 4.32. The second-order valence-electron chi connectivity index (χ2n) is 5.61. The summed E-state index contributed by atoms with van der Waals surface area (Å²) in [6.07, 6.45) is 0. The molecule has 0 spiro atoms. The Bertz CT molecular complexity index is 772. The summed E-state index contributed by atoms with van der Waals surface area (Å²) in [5.74, 6) is 0.389. The van der Waals surface area contributed by atoms with Crippen molar-refractivity contribution in [1.82, 2.24) is 5.32 Å². The Hall–Kier alpha value is -2.89. The average Bonchev–Trinajstić information content (AvgIpc) is 2.54. The lowest BCUT2D eigenvalue weighted by Gasteiger charge is -2.09. The molecule has 1 N–H and O–H groups in total. The largest absolute Gasteiger partial charge is 0.492 e. The summed E-state index contributed by atoms with van der Waals surface area (Å²) in [5.41, 5.74) is 3.06. The van der Waals surface area contributed by atoms with Crippen molar-refractivity contribution in [3.05, 3.63) is 68.8 Å². The molecule has 126 valence electrons. The smallest absolute Gasteiger partial charge is 0.273 e. The zero-order valence-corrected chi connectivity index (χ0v) is 14.0. The van der Waals surface area contributed by atoms with Crippen LogP contribution in [0.25, 0.3) is 0 Å². The molecule has 0 radical (unpaired) electrons. The monoisotopic (exact) mass is 328 g/mol. The lowest BCUT2D eigenvalue weighted by Crippen LogP contribution is -2.28. The van der Waals surface area contributed by atoms with Crippen molar-refractivity contribution >= 4 is 11.6 Å². The van der Waals surface area contributed by atoms with Crippen LogP contribution in [0, 0.1) is 30.9 Å². The minimum Gasteiger partial charge on any atom is -0.492 e. The van der Waals surface area contributed by atoms with Gasteiger partial charge in [-0.1, -0.05) is 12.1 Å². The Kier molecular flexibility index (Phi) is 5.52. The molecule has 0 fully saturated rings. The predicted octanol–water partition coefficient (Wildman–Crippen LogP) is 3.33. The molecule has 0 aromatic heterocycles. The molecule has 0 aliphatic carbocycles. The van der Waals surface area contributed by atoms with Gasteiger partial charge in [-0.2, -0.15) is 0 Å². The van der Waals surface area contributed by atoms with Gasteiger partial charge >= 0.3 is 0 Å². The quantitative estimate of drug-likeness (QED) is 0.501. The van der Waals surface area contributed by atoms with E-state index in [2.05, 4.69) is 5.32 Å². The van der Waals surface area contributed by atoms with E-state index >= 15 is 0 Å². The number of rotatable bonds is 6. The molecule has 24 heavy (non-hydrogen) atoms. The number of carbonyl (C=O) groups is 1. The summed E-state index contributed by atoms with van der Waals surface area (Å²) in [5, 5.41) is 13.6. The average molecular weight is 328 g/mol. The summed E-state index contributed by atoms with van der Waals surface area (Å²) in [4.78, 5) is 22.5. The van der Waals surface area contributed by atoms with E-state index in [1.807, 2.05) is 32.0 Å². The molecule has 0 aliphatic rings. The molecule has 1 amide bonds. The number of nitro groups is 1. The number of hydrogen-bond donors (Lipinski definition) is 1. The van der Waals surface area contributed by atoms with Crippen LogP contribution in [0.5, 0.6) is 5.75 Å². The van der Waals surface area contributed by atoms with E-state index in [9.17, 15) is 14.9 Å². The molecule has 2 aromatic rings. The molecule has 0 bridgehead atoms. The molecular formula is C18H20N2O4. The highest BCUT2D eigenvalue weighted by Crippen LogP contribution is 2.19. The molecule has 0 unspecified atom stereocenters. The normalized spacial score (nSPS) is 10.3. The Morgan fingerprint density at radius 2 is 1.79 bits per heavy atom. The second-order valence-corrected chi connectivity index (χ2v) is 5.61. The summed E-state index contributed by atoms with van der Waals surface area (Å²) in [7, 11) is 0. The van der Waals surface area contributed by atoms with Gasteiger partial charge in [0.15, 0.2) is 0 Å². The SMILES string of the molecule is Cc1ccc(OCCNC(=O)c2ccc(C)c([N+](=O)[O-])c2)cc1C. The van der Waals surface area contributed by atoms with E-state index in [0.29, 0.717) is 18.7 Å². The second kappa shape index (κ2) is 7.59. The van der Waals surface area contributed by atoms with Crippen LogP contribution in [0.1, 0.15) is 27.0 Å². The lowest BCUT2D eigenvalue weighted by molar-refractivity contribution is -0.385. The van der Waals surface area contributed by atoms with Gasteiger partial charge in [0.25, 0.3) is 11.6 Å². The number of nitro benzene ring substituents is 1. The van der Waals surface area contributed by atoms with E-state index in [-0.39, 0.29) is 17.2 Å². The van der Waals surface area contributed by atoms with Gasteiger partial charge < -0.3 is 10.1 Å². The number of ether oxygens (including phenoxy) is 1. The van der Waals surface area contributed by atoms with Crippen LogP contribution in [0.4, 0.5) is 5.69 Å². The van der Waals surface area contributed by atoms with Gasteiger partial charge in [-0.15, -0.1) is 0 Å². The molecule has 0 atom stereocenters. The first-order valence-electron chi connectivity index (χ1n) is 7.62. The van der Waals surface area contributed by atoms with Crippen LogP contribution in [0.15, 0.2) is 36.4 Å². The fourth-order valence-electron chi connectivity index (χ4n) is 2.19. The van der Waals surface area contributed by atoms with Crippen LogP contribution >= 0.6 is 0 Å². The maximum Gasteiger partial charge on any atom is 0.273 e. The zero-order chi connectivity index (χ0) is 17.7. The van der Waals surface area contributed by atoms with Gasteiger partial charge in [-0.3, -0.25) is 14.9 Å². The summed E-state index contributed by atoms with van der Waals surface area (Å²) < 4.78 is 5.59. The molecule has 6 heteroatoms. The van der Waals surface area contributed by atoms with Crippen LogP contribution in [-0.4, -0.2) is 24.0 Å². The number of benzene rings is 2. The fraction of sp³-hybridized carbons (Fsp3) is 0.278. The number of amides is 1. The van der Waals surface area contributed by atoms with E-state index in [1.54, 1.807) is 19.1 Å². The summed E-state index contributed by atoms with van der Waals surface area (Å²) in [6, 6.07) is 10.2. The van der Waals surface area contributed by atoms with Crippen molar-refractivity contribution in [2.75, 3.05) is 13.2 Å². The first-order chi connectivity index (χ1) is 11.4. The molecule has 2 aromatic carbocycles. The molecule has 0 saturated carbocycles. The van der Waals surface area contributed by atoms with Gasteiger partial charge in [0, 0.05) is 17.2 Å². The molecule has 6 nitrogen and oxygen atoms in total. The summed E-state index contributed by atoms with van der Waals surface area (Å²) >= 11 is 0. The zero-order valence-electron chi connectivity index (χ0n) is 14.0. The third-order valence-corrected chi connectivity index (χ3v) is 3.80. The van der Waals surface area contributed by atoms with Gasteiger partial charge in [0.1, 0.15) is 12.4 Å². The maximum atomic E-state index is 12.1. The third-order valence-electron chi connectivity index (χ3n) is 3.80.